The van der Waals surface area contributed by atoms with Crippen LogP contribution in [0, 0.1) is 6.92 Å². The van der Waals surface area contributed by atoms with Crippen LogP contribution in [0.1, 0.15) is 5.56 Å². The number of hydrogen-bond donors (Lipinski definition) is 0. The standard InChI is InChI=1S/C20H19ClN4O2S3/c1-12-14(21)4-6-16-18(12)23-20(28-16)25-9-7-24(8-10-25)19-22-15-5-3-13(30(2,26)27)11-17(15)29-19/h3-6,11H,7-10H2,1-2H3. The predicted molar refractivity (Wildman–Crippen MR) is 127 cm³/mol. The molecule has 2 aromatic carbocycles. The quantitative estimate of drug-likeness (QED) is 0.428. The first-order chi connectivity index (χ1) is 14.3. The fraction of sp³-hybridized carbons (Fsp3) is 0.300. The van der Waals surface area contributed by atoms with Crippen molar-refractivity contribution in [3.63, 3.8) is 0 Å². The minimum Gasteiger partial charge on any atom is -0.345 e. The van der Waals surface area contributed by atoms with E-state index >= 15 is 0 Å². The molecule has 156 valence electrons. The molecule has 0 bridgehead atoms. The number of aromatic nitrogens is 2. The van der Waals surface area contributed by atoms with Gasteiger partial charge in [-0.15, -0.1) is 0 Å². The van der Waals surface area contributed by atoms with Gasteiger partial charge in [-0.2, -0.15) is 0 Å². The predicted octanol–water partition coefficient (Wildman–Crippen LogP) is 4.60. The number of halogens is 1. The van der Waals surface area contributed by atoms with E-state index in [0.717, 1.165) is 67.5 Å². The summed E-state index contributed by atoms with van der Waals surface area (Å²) >= 11 is 9.48. The molecular weight excluding hydrogens is 460 g/mol. The Bertz CT molecular complexity index is 1370. The molecule has 10 heteroatoms. The Morgan fingerprint density at radius 2 is 1.57 bits per heavy atom. The topological polar surface area (TPSA) is 66.4 Å². The zero-order valence-corrected chi connectivity index (χ0v) is 19.6. The molecule has 4 aromatic rings. The van der Waals surface area contributed by atoms with E-state index in [0.29, 0.717) is 4.90 Å². The molecular formula is C20H19ClN4O2S3. The molecule has 0 amide bonds. The smallest absolute Gasteiger partial charge is 0.186 e. The van der Waals surface area contributed by atoms with Gasteiger partial charge in [0.25, 0.3) is 0 Å². The summed E-state index contributed by atoms with van der Waals surface area (Å²) in [6, 6.07) is 9.10. The third kappa shape index (κ3) is 3.53. The van der Waals surface area contributed by atoms with E-state index in [1.54, 1.807) is 40.9 Å². The molecule has 6 nitrogen and oxygen atoms in total. The fourth-order valence-electron chi connectivity index (χ4n) is 3.57. The number of sulfone groups is 1. The van der Waals surface area contributed by atoms with E-state index in [1.165, 1.54) is 6.26 Å². The first-order valence-corrected chi connectivity index (χ1v) is 13.4. The maximum absolute atomic E-state index is 11.8. The Morgan fingerprint density at radius 1 is 0.933 bits per heavy atom. The number of aryl methyl sites for hydroxylation is 1. The van der Waals surface area contributed by atoms with Gasteiger partial charge in [0.05, 0.1) is 25.3 Å². The van der Waals surface area contributed by atoms with E-state index in [2.05, 4.69) is 9.80 Å². The van der Waals surface area contributed by atoms with Crippen molar-refractivity contribution in [2.24, 2.45) is 0 Å². The molecule has 1 aliphatic heterocycles. The molecule has 3 heterocycles. The molecule has 0 unspecified atom stereocenters. The number of anilines is 2. The van der Waals surface area contributed by atoms with Crippen LogP contribution in [0.15, 0.2) is 35.2 Å². The maximum atomic E-state index is 11.8. The van der Waals surface area contributed by atoms with Crippen LogP contribution >= 0.6 is 34.3 Å². The first-order valence-electron chi connectivity index (χ1n) is 9.46. The van der Waals surface area contributed by atoms with Crippen molar-refractivity contribution < 1.29 is 8.42 Å². The summed E-state index contributed by atoms with van der Waals surface area (Å²) < 4.78 is 25.7. The van der Waals surface area contributed by atoms with Crippen molar-refractivity contribution in [3.05, 3.63) is 40.9 Å². The molecule has 1 saturated heterocycles. The van der Waals surface area contributed by atoms with E-state index in [-0.39, 0.29) is 0 Å². The highest BCUT2D eigenvalue weighted by Crippen LogP contribution is 2.35. The van der Waals surface area contributed by atoms with Crippen LogP contribution in [0.25, 0.3) is 20.4 Å². The summed E-state index contributed by atoms with van der Waals surface area (Å²) in [5.74, 6) is 0. The molecule has 0 saturated carbocycles. The summed E-state index contributed by atoms with van der Waals surface area (Å²) in [6.07, 6.45) is 1.23. The largest absolute Gasteiger partial charge is 0.345 e. The Balaban J connectivity index is 1.35. The highest BCUT2D eigenvalue weighted by molar-refractivity contribution is 7.90. The maximum Gasteiger partial charge on any atom is 0.186 e. The molecule has 1 fully saturated rings. The van der Waals surface area contributed by atoms with Crippen LogP contribution in [0.2, 0.25) is 5.02 Å². The van der Waals surface area contributed by atoms with Gasteiger partial charge in [0.2, 0.25) is 0 Å². The van der Waals surface area contributed by atoms with Crippen LogP contribution in [0.5, 0.6) is 0 Å². The molecule has 0 atom stereocenters. The molecule has 30 heavy (non-hydrogen) atoms. The second kappa shape index (κ2) is 7.33. The summed E-state index contributed by atoms with van der Waals surface area (Å²) in [5.41, 5.74) is 2.85. The Kier molecular flexibility index (Phi) is 4.89. The lowest BCUT2D eigenvalue weighted by Gasteiger charge is -2.34. The average molecular weight is 479 g/mol. The third-order valence-corrected chi connectivity index (χ3v) is 9.01. The minimum atomic E-state index is -3.22. The van der Waals surface area contributed by atoms with E-state index in [4.69, 9.17) is 21.6 Å². The molecule has 0 radical (unpaired) electrons. The van der Waals surface area contributed by atoms with Gasteiger partial charge in [-0.1, -0.05) is 34.3 Å². The first kappa shape index (κ1) is 20.0. The lowest BCUT2D eigenvalue weighted by atomic mass is 10.2. The highest BCUT2D eigenvalue weighted by atomic mass is 35.5. The summed E-state index contributed by atoms with van der Waals surface area (Å²) in [4.78, 5) is 14.5. The number of hydrogen-bond acceptors (Lipinski definition) is 8. The highest BCUT2D eigenvalue weighted by Gasteiger charge is 2.23. The second-order valence-electron chi connectivity index (χ2n) is 7.39. The Morgan fingerprint density at radius 3 is 2.23 bits per heavy atom. The molecule has 2 aromatic heterocycles. The van der Waals surface area contributed by atoms with Crippen LogP contribution in [0.3, 0.4) is 0 Å². The zero-order chi connectivity index (χ0) is 21.0. The van der Waals surface area contributed by atoms with Crippen molar-refractivity contribution >= 4 is 74.8 Å². The SMILES string of the molecule is Cc1c(Cl)ccc2sc(N3CCN(c4nc5ccc(S(C)(=O)=O)cc5s4)CC3)nc12. The molecule has 0 aliphatic carbocycles. The second-order valence-corrected chi connectivity index (χ2v) is 11.8. The molecule has 0 N–H and O–H groups in total. The van der Waals surface area contributed by atoms with Gasteiger partial charge in [0.1, 0.15) is 0 Å². The normalized spacial score (nSPS) is 15.4. The molecule has 0 spiro atoms. The van der Waals surface area contributed by atoms with Gasteiger partial charge in [-0.05, 0) is 42.8 Å². The van der Waals surface area contributed by atoms with Gasteiger partial charge in [0, 0.05) is 37.5 Å². The van der Waals surface area contributed by atoms with E-state index < -0.39 is 9.84 Å². The molecule has 5 rings (SSSR count). The van der Waals surface area contributed by atoms with Crippen molar-refractivity contribution in [1.29, 1.82) is 0 Å². The fourth-order valence-corrected chi connectivity index (χ4v) is 6.58. The van der Waals surface area contributed by atoms with Crippen LogP contribution < -0.4 is 9.80 Å². The van der Waals surface area contributed by atoms with Gasteiger partial charge < -0.3 is 9.80 Å². The van der Waals surface area contributed by atoms with E-state index in [1.807, 2.05) is 19.1 Å². The lowest BCUT2D eigenvalue weighted by Crippen LogP contribution is -2.46. The van der Waals surface area contributed by atoms with Crippen molar-refractivity contribution in [1.82, 2.24) is 9.97 Å². The number of thiazole rings is 2. The monoisotopic (exact) mass is 478 g/mol. The van der Waals surface area contributed by atoms with Crippen LogP contribution in [0.4, 0.5) is 10.3 Å². The van der Waals surface area contributed by atoms with Gasteiger partial charge >= 0.3 is 0 Å². The third-order valence-electron chi connectivity index (χ3n) is 5.33. The number of nitrogens with zero attached hydrogens (tertiary/aromatic N) is 4. The van der Waals surface area contributed by atoms with E-state index in [9.17, 15) is 8.42 Å². The Hall–Kier alpha value is -1.94. The minimum absolute atomic E-state index is 0.334. The van der Waals surface area contributed by atoms with Crippen LogP contribution in [-0.2, 0) is 9.84 Å². The van der Waals surface area contributed by atoms with Crippen LogP contribution in [-0.4, -0.2) is 50.8 Å². The average Bonchev–Trinajstić information content (AvgIpc) is 3.34. The summed E-state index contributed by atoms with van der Waals surface area (Å²) in [5, 5.41) is 2.71. The van der Waals surface area contributed by atoms with Gasteiger partial charge in [0.15, 0.2) is 20.1 Å². The lowest BCUT2D eigenvalue weighted by molar-refractivity contribution is 0.602. The van der Waals surface area contributed by atoms with Crippen molar-refractivity contribution in [2.75, 3.05) is 42.2 Å². The number of piperazine rings is 1. The summed E-state index contributed by atoms with van der Waals surface area (Å²) in [7, 11) is -3.22. The Labute approximate surface area is 187 Å². The molecule has 1 aliphatic rings. The van der Waals surface area contributed by atoms with Gasteiger partial charge in [-0.3, -0.25) is 0 Å². The zero-order valence-electron chi connectivity index (χ0n) is 16.4. The van der Waals surface area contributed by atoms with Crippen molar-refractivity contribution in [2.45, 2.75) is 11.8 Å². The number of rotatable bonds is 3. The van der Waals surface area contributed by atoms with Crippen molar-refractivity contribution in [3.8, 4) is 0 Å². The number of benzene rings is 2. The van der Waals surface area contributed by atoms with Gasteiger partial charge in [-0.25, -0.2) is 18.4 Å². The number of fused-ring (bicyclic) bond motifs is 2. The summed E-state index contributed by atoms with van der Waals surface area (Å²) in [6.45, 7) is 5.41.